The lowest BCUT2D eigenvalue weighted by Gasteiger charge is -2.06. The molecule has 1 aromatic heterocycles. The zero-order valence-electron chi connectivity index (χ0n) is 16.2. The summed E-state index contributed by atoms with van der Waals surface area (Å²) in [6.07, 6.45) is 1.05. The molecular weight excluding hydrogens is 380 g/mol. The molecule has 0 aliphatic heterocycles. The minimum atomic E-state index is -0.0445. The van der Waals surface area contributed by atoms with Crippen LogP contribution in [0.2, 0.25) is 0 Å². The van der Waals surface area contributed by atoms with Gasteiger partial charge in [0.15, 0.2) is 5.13 Å². The van der Waals surface area contributed by atoms with Crippen molar-refractivity contribution < 1.29 is 9.53 Å². The zero-order chi connectivity index (χ0) is 20.1. The Balaban J connectivity index is 1.29. The van der Waals surface area contributed by atoms with E-state index in [-0.39, 0.29) is 5.91 Å². The van der Waals surface area contributed by atoms with Crippen LogP contribution < -0.4 is 10.1 Å². The van der Waals surface area contributed by atoms with E-state index < -0.39 is 0 Å². The van der Waals surface area contributed by atoms with Gasteiger partial charge >= 0.3 is 0 Å². The third-order valence-electron chi connectivity index (χ3n) is 4.63. The number of anilines is 1. The van der Waals surface area contributed by atoms with Crippen LogP contribution in [-0.4, -0.2) is 17.5 Å². The average molecular weight is 403 g/mol. The van der Waals surface area contributed by atoms with E-state index in [1.807, 2.05) is 48.7 Å². The average Bonchev–Trinajstić information content (AvgIpc) is 3.20. The number of aromatic nitrogens is 1. The summed E-state index contributed by atoms with van der Waals surface area (Å²) >= 11 is 1.44. The first-order valence-corrected chi connectivity index (χ1v) is 10.5. The fraction of sp³-hybridized carbons (Fsp3) is 0.167. The van der Waals surface area contributed by atoms with Crippen molar-refractivity contribution in [3.05, 3.63) is 77.7 Å². The van der Waals surface area contributed by atoms with Crippen LogP contribution in [0.4, 0.5) is 5.13 Å². The molecule has 3 aromatic carbocycles. The minimum absolute atomic E-state index is 0.0445. The Morgan fingerprint density at radius 2 is 1.83 bits per heavy atom. The Morgan fingerprint density at radius 1 is 1.03 bits per heavy atom. The van der Waals surface area contributed by atoms with Gasteiger partial charge in [-0.3, -0.25) is 4.79 Å². The van der Waals surface area contributed by atoms with Crippen molar-refractivity contribution in [1.29, 1.82) is 0 Å². The van der Waals surface area contributed by atoms with Crippen molar-refractivity contribution in [3.8, 4) is 17.0 Å². The molecule has 1 N–H and O–H groups in total. The molecular formula is C24H22N2O2S. The Morgan fingerprint density at radius 3 is 2.66 bits per heavy atom. The van der Waals surface area contributed by atoms with Crippen LogP contribution in [0, 0.1) is 6.92 Å². The van der Waals surface area contributed by atoms with Crippen molar-refractivity contribution in [3.63, 3.8) is 0 Å². The molecule has 0 radical (unpaired) electrons. The van der Waals surface area contributed by atoms with Gasteiger partial charge in [-0.15, -0.1) is 11.3 Å². The van der Waals surface area contributed by atoms with Crippen LogP contribution in [0.3, 0.4) is 0 Å². The summed E-state index contributed by atoms with van der Waals surface area (Å²) in [6.45, 7) is 2.55. The van der Waals surface area contributed by atoms with Crippen molar-refractivity contribution in [2.24, 2.45) is 0 Å². The molecule has 29 heavy (non-hydrogen) atoms. The molecule has 0 spiro atoms. The topological polar surface area (TPSA) is 51.2 Å². The summed E-state index contributed by atoms with van der Waals surface area (Å²) in [6, 6.07) is 22.4. The first-order valence-electron chi connectivity index (χ1n) is 9.61. The zero-order valence-corrected chi connectivity index (χ0v) is 17.0. The number of ether oxygens (including phenoxy) is 1. The standard InChI is InChI=1S/C24H22N2O2S/c1-17-8-12-21(13-9-17)28-14-4-7-23(27)26-24-25-22(16-29-24)20-11-10-18-5-2-3-6-19(18)15-20/h2-3,5-6,8-13,15-16H,4,7,14H2,1H3,(H,25,26,27). The highest BCUT2D eigenvalue weighted by Gasteiger charge is 2.09. The highest BCUT2D eigenvalue weighted by molar-refractivity contribution is 7.14. The van der Waals surface area contributed by atoms with E-state index in [2.05, 4.69) is 40.6 Å². The van der Waals surface area contributed by atoms with Crippen LogP contribution in [0.1, 0.15) is 18.4 Å². The van der Waals surface area contributed by atoms with Crippen LogP contribution in [0.25, 0.3) is 22.0 Å². The first-order chi connectivity index (χ1) is 14.2. The van der Waals surface area contributed by atoms with Crippen molar-refractivity contribution in [2.45, 2.75) is 19.8 Å². The van der Waals surface area contributed by atoms with Crippen LogP contribution in [-0.2, 0) is 4.79 Å². The van der Waals surface area contributed by atoms with Crippen molar-refractivity contribution in [1.82, 2.24) is 4.98 Å². The molecule has 0 unspecified atom stereocenters. The molecule has 0 saturated heterocycles. The second-order valence-electron chi connectivity index (χ2n) is 6.91. The predicted molar refractivity (Wildman–Crippen MR) is 120 cm³/mol. The number of thiazole rings is 1. The summed E-state index contributed by atoms with van der Waals surface area (Å²) < 4.78 is 5.67. The van der Waals surface area contributed by atoms with Crippen LogP contribution >= 0.6 is 11.3 Å². The maximum Gasteiger partial charge on any atom is 0.226 e. The lowest BCUT2D eigenvalue weighted by atomic mass is 10.1. The number of hydrogen-bond acceptors (Lipinski definition) is 4. The molecule has 0 aliphatic rings. The molecule has 0 aliphatic carbocycles. The molecule has 146 valence electrons. The number of aryl methyl sites for hydroxylation is 1. The van der Waals surface area contributed by atoms with Gasteiger partial charge in [-0.1, -0.05) is 54.1 Å². The quantitative estimate of drug-likeness (QED) is 0.382. The minimum Gasteiger partial charge on any atom is -0.494 e. The van der Waals surface area contributed by atoms with Gasteiger partial charge in [0.05, 0.1) is 12.3 Å². The summed E-state index contributed by atoms with van der Waals surface area (Å²) in [5, 5.41) is 7.86. The molecule has 1 amide bonds. The van der Waals surface area contributed by atoms with Gasteiger partial charge in [0.2, 0.25) is 5.91 Å². The van der Waals surface area contributed by atoms with E-state index in [1.165, 1.54) is 27.7 Å². The Hall–Kier alpha value is -3.18. The highest BCUT2D eigenvalue weighted by atomic mass is 32.1. The number of fused-ring (bicyclic) bond motifs is 1. The summed E-state index contributed by atoms with van der Waals surface area (Å²) in [7, 11) is 0. The third-order valence-corrected chi connectivity index (χ3v) is 5.39. The van der Waals surface area contributed by atoms with Crippen molar-refractivity contribution >= 4 is 33.1 Å². The van der Waals surface area contributed by atoms with Gasteiger partial charge in [0.1, 0.15) is 5.75 Å². The monoisotopic (exact) mass is 402 g/mol. The van der Waals surface area contributed by atoms with Gasteiger partial charge in [-0.2, -0.15) is 0 Å². The van der Waals surface area contributed by atoms with Gasteiger partial charge in [0.25, 0.3) is 0 Å². The second kappa shape index (κ2) is 8.88. The summed E-state index contributed by atoms with van der Waals surface area (Å²) in [5.41, 5.74) is 3.12. The molecule has 1 heterocycles. The number of carbonyl (C=O) groups is 1. The predicted octanol–water partition coefficient (Wildman–Crippen LogP) is 6.07. The Labute approximate surface area is 174 Å². The highest BCUT2D eigenvalue weighted by Crippen LogP contribution is 2.27. The van der Waals surface area contributed by atoms with Gasteiger partial charge in [-0.25, -0.2) is 4.98 Å². The molecule has 4 rings (SSSR count). The maximum atomic E-state index is 12.2. The number of benzene rings is 3. The normalized spacial score (nSPS) is 10.8. The molecule has 0 saturated carbocycles. The number of nitrogens with zero attached hydrogens (tertiary/aromatic N) is 1. The van der Waals surface area contributed by atoms with Crippen LogP contribution in [0.15, 0.2) is 72.1 Å². The molecule has 0 bridgehead atoms. The van der Waals surface area contributed by atoms with E-state index >= 15 is 0 Å². The van der Waals surface area contributed by atoms with E-state index in [9.17, 15) is 4.79 Å². The Kier molecular flexibility index (Phi) is 5.86. The molecule has 4 aromatic rings. The third kappa shape index (κ3) is 5.00. The van der Waals surface area contributed by atoms with E-state index in [0.29, 0.717) is 24.6 Å². The largest absolute Gasteiger partial charge is 0.494 e. The fourth-order valence-electron chi connectivity index (χ4n) is 3.05. The number of nitrogens with one attached hydrogen (secondary N) is 1. The lowest BCUT2D eigenvalue weighted by Crippen LogP contribution is -2.12. The van der Waals surface area contributed by atoms with Gasteiger partial charge < -0.3 is 10.1 Å². The summed E-state index contributed by atoms with van der Waals surface area (Å²) in [4.78, 5) is 16.8. The second-order valence-corrected chi connectivity index (χ2v) is 7.77. The molecule has 4 nitrogen and oxygen atoms in total. The molecule has 0 fully saturated rings. The van der Waals surface area contributed by atoms with Crippen molar-refractivity contribution in [2.75, 3.05) is 11.9 Å². The molecule has 5 heteroatoms. The van der Waals surface area contributed by atoms with E-state index in [0.717, 1.165) is 17.0 Å². The lowest BCUT2D eigenvalue weighted by molar-refractivity contribution is -0.116. The summed E-state index contributed by atoms with van der Waals surface area (Å²) in [5.74, 6) is 0.785. The van der Waals surface area contributed by atoms with Gasteiger partial charge in [-0.05, 0) is 42.3 Å². The Bertz CT molecular complexity index is 1120. The maximum absolute atomic E-state index is 12.2. The number of rotatable bonds is 7. The fourth-order valence-corrected chi connectivity index (χ4v) is 3.79. The first kappa shape index (κ1) is 19.2. The number of carbonyl (C=O) groups excluding carboxylic acids is 1. The SMILES string of the molecule is Cc1ccc(OCCCC(=O)Nc2nc(-c3ccc4ccccc4c3)cs2)cc1. The van der Waals surface area contributed by atoms with E-state index in [4.69, 9.17) is 4.74 Å². The smallest absolute Gasteiger partial charge is 0.226 e. The van der Waals surface area contributed by atoms with Gasteiger partial charge in [0, 0.05) is 17.4 Å². The van der Waals surface area contributed by atoms with Crippen LogP contribution in [0.5, 0.6) is 5.75 Å². The number of amides is 1. The molecule has 0 atom stereocenters. The number of hydrogen-bond donors (Lipinski definition) is 1. The van der Waals surface area contributed by atoms with E-state index in [1.54, 1.807) is 0 Å².